The van der Waals surface area contributed by atoms with E-state index in [2.05, 4.69) is 21.2 Å². The standard InChI is InChI=1S/C20H20N4O3/c1-6-16-23-17-14(11-15(21-17)22-19(26)20(2,3)4)18(25)24(16)12-7-9-13(27-5)10-8-12/h1,7-11,21H,2-5H3,(H,22,26). The largest absolute Gasteiger partial charge is 0.497 e. The second-order valence-electron chi connectivity index (χ2n) is 7.07. The van der Waals surface area contributed by atoms with Crippen LogP contribution in [0.3, 0.4) is 0 Å². The number of amides is 1. The molecular formula is C20H20N4O3. The average molecular weight is 364 g/mol. The number of rotatable bonds is 3. The Morgan fingerprint density at radius 3 is 2.52 bits per heavy atom. The van der Waals surface area contributed by atoms with E-state index in [0.717, 1.165) is 0 Å². The van der Waals surface area contributed by atoms with Gasteiger partial charge in [0.15, 0.2) is 5.82 Å². The number of aromatic nitrogens is 3. The monoisotopic (exact) mass is 364 g/mol. The number of nitrogens with zero attached hydrogens (tertiary/aromatic N) is 2. The van der Waals surface area contributed by atoms with Crippen LogP contribution in [-0.4, -0.2) is 27.6 Å². The van der Waals surface area contributed by atoms with E-state index in [4.69, 9.17) is 11.2 Å². The molecule has 0 radical (unpaired) electrons. The summed E-state index contributed by atoms with van der Waals surface area (Å²) in [6.45, 7) is 5.41. The summed E-state index contributed by atoms with van der Waals surface area (Å²) < 4.78 is 6.49. The molecule has 1 aromatic carbocycles. The number of hydrogen-bond donors (Lipinski definition) is 2. The number of H-pyrrole nitrogens is 1. The first-order valence-electron chi connectivity index (χ1n) is 8.33. The molecule has 0 atom stereocenters. The van der Waals surface area contributed by atoms with Crippen molar-refractivity contribution >= 4 is 22.8 Å². The highest BCUT2D eigenvalue weighted by atomic mass is 16.5. The Morgan fingerprint density at radius 2 is 1.96 bits per heavy atom. The minimum absolute atomic E-state index is 0.160. The number of aromatic amines is 1. The number of terminal acetylenes is 1. The van der Waals surface area contributed by atoms with Crippen molar-refractivity contribution in [1.29, 1.82) is 0 Å². The number of hydrogen-bond acceptors (Lipinski definition) is 4. The van der Waals surface area contributed by atoms with Crippen molar-refractivity contribution in [3.8, 4) is 23.8 Å². The molecule has 0 spiro atoms. The molecule has 1 amide bonds. The van der Waals surface area contributed by atoms with E-state index in [1.54, 1.807) is 58.2 Å². The second-order valence-corrected chi connectivity index (χ2v) is 7.07. The Hall–Kier alpha value is -3.53. The molecule has 2 N–H and O–H groups in total. The first-order chi connectivity index (χ1) is 12.7. The summed E-state index contributed by atoms with van der Waals surface area (Å²) in [5.41, 5.74) is -0.00461. The molecule has 27 heavy (non-hydrogen) atoms. The van der Waals surface area contributed by atoms with Gasteiger partial charge >= 0.3 is 0 Å². The van der Waals surface area contributed by atoms with Crippen molar-refractivity contribution in [2.24, 2.45) is 5.41 Å². The van der Waals surface area contributed by atoms with Crippen LogP contribution in [0, 0.1) is 17.8 Å². The Morgan fingerprint density at radius 1 is 1.30 bits per heavy atom. The number of methoxy groups -OCH3 is 1. The van der Waals surface area contributed by atoms with Gasteiger partial charge in [0.2, 0.25) is 5.91 Å². The minimum atomic E-state index is -0.571. The molecule has 138 valence electrons. The highest BCUT2D eigenvalue weighted by Crippen LogP contribution is 2.21. The van der Waals surface area contributed by atoms with E-state index in [1.165, 1.54) is 4.57 Å². The second kappa shape index (κ2) is 6.65. The van der Waals surface area contributed by atoms with Gasteiger partial charge in [-0.05, 0) is 36.3 Å². The minimum Gasteiger partial charge on any atom is -0.497 e. The van der Waals surface area contributed by atoms with Gasteiger partial charge in [-0.25, -0.2) is 4.98 Å². The quantitative estimate of drug-likeness (QED) is 0.700. The van der Waals surface area contributed by atoms with Gasteiger partial charge in [0.05, 0.1) is 18.2 Å². The maximum Gasteiger partial charge on any atom is 0.268 e. The van der Waals surface area contributed by atoms with Crippen molar-refractivity contribution in [2.75, 3.05) is 12.4 Å². The molecule has 0 bridgehead atoms. The van der Waals surface area contributed by atoms with Crippen LogP contribution in [0.25, 0.3) is 16.7 Å². The van der Waals surface area contributed by atoms with Crippen LogP contribution < -0.4 is 15.6 Å². The number of carbonyl (C=O) groups is 1. The molecule has 0 fully saturated rings. The summed E-state index contributed by atoms with van der Waals surface area (Å²) in [5, 5.41) is 3.09. The normalized spacial score (nSPS) is 11.2. The van der Waals surface area contributed by atoms with Crippen LogP contribution in [0.4, 0.5) is 5.82 Å². The maximum atomic E-state index is 13.0. The first-order valence-corrected chi connectivity index (χ1v) is 8.33. The fraction of sp³-hybridized carbons (Fsp3) is 0.250. The Bertz CT molecular complexity index is 1110. The van der Waals surface area contributed by atoms with Crippen molar-refractivity contribution in [2.45, 2.75) is 20.8 Å². The lowest BCUT2D eigenvalue weighted by Crippen LogP contribution is -2.27. The molecule has 2 aromatic heterocycles. The van der Waals surface area contributed by atoms with Gasteiger partial charge in [0.25, 0.3) is 5.56 Å². The summed E-state index contributed by atoms with van der Waals surface area (Å²) in [6, 6.07) is 8.48. The molecule has 0 unspecified atom stereocenters. The zero-order valence-electron chi connectivity index (χ0n) is 15.6. The third kappa shape index (κ3) is 3.42. The highest BCUT2D eigenvalue weighted by Gasteiger charge is 2.22. The van der Waals surface area contributed by atoms with Crippen LogP contribution >= 0.6 is 0 Å². The smallest absolute Gasteiger partial charge is 0.268 e. The van der Waals surface area contributed by atoms with E-state index < -0.39 is 5.41 Å². The number of benzene rings is 1. The molecule has 0 saturated heterocycles. The molecule has 0 aliphatic carbocycles. The number of carbonyl (C=O) groups excluding carboxylic acids is 1. The predicted octanol–water partition coefficient (Wildman–Crippen LogP) is 2.69. The zero-order valence-corrected chi connectivity index (χ0v) is 15.6. The highest BCUT2D eigenvalue weighted by molar-refractivity contribution is 5.96. The van der Waals surface area contributed by atoms with Gasteiger partial charge in [-0.15, -0.1) is 6.42 Å². The topological polar surface area (TPSA) is 89.0 Å². The third-order valence-electron chi connectivity index (χ3n) is 4.05. The number of ether oxygens (including phenoxy) is 1. The van der Waals surface area contributed by atoms with Gasteiger partial charge in [0, 0.05) is 5.41 Å². The molecule has 7 heteroatoms. The van der Waals surface area contributed by atoms with Gasteiger partial charge in [0.1, 0.15) is 17.2 Å². The van der Waals surface area contributed by atoms with Crippen LogP contribution in [-0.2, 0) is 4.79 Å². The molecule has 2 heterocycles. The molecule has 0 aliphatic rings. The van der Waals surface area contributed by atoms with E-state index in [1.807, 2.05) is 0 Å². The molecule has 0 saturated carbocycles. The fourth-order valence-corrected chi connectivity index (χ4v) is 2.51. The van der Waals surface area contributed by atoms with Crippen molar-refractivity contribution in [3.63, 3.8) is 0 Å². The van der Waals surface area contributed by atoms with Crippen LogP contribution in [0.15, 0.2) is 35.1 Å². The lowest BCUT2D eigenvalue weighted by atomic mass is 9.96. The molecule has 7 nitrogen and oxygen atoms in total. The number of fused-ring (bicyclic) bond motifs is 1. The summed E-state index contributed by atoms with van der Waals surface area (Å²) in [5.74, 6) is 3.48. The Balaban J connectivity index is 2.13. The third-order valence-corrected chi connectivity index (χ3v) is 4.05. The van der Waals surface area contributed by atoms with Crippen molar-refractivity contribution < 1.29 is 9.53 Å². The fourth-order valence-electron chi connectivity index (χ4n) is 2.51. The lowest BCUT2D eigenvalue weighted by molar-refractivity contribution is -0.123. The van der Waals surface area contributed by atoms with Gasteiger partial charge in [-0.1, -0.05) is 20.8 Å². The summed E-state index contributed by atoms with van der Waals surface area (Å²) in [4.78, 5) is 32.5. The summed E-state index contributed by atoms with van der Waals surface area (Å²) >= 11 is 0. The Kier molecular flexibility index (Phi) is 4.50. The SMILES string of the molecule is C#Cc1nc2[nH]c(NC(=O)C(C)(C)C)cc2c(=O)n1-c1ccc(OC)cc1. The number of nitrogens with one attached hydrogen (secondary N) is 2. The van der Waals surface area contributed by atoms with Gasteiger partial charge in [-0.3, -0.25) is 14.2 Å². The van der Waals surface area contributed by atoms with Crippen LogP contribution in [0.1, 0.15) is 26.6 Å². The molecular weight excluding hydrogens is 344 g/mol. The van der Waals surface area contributed by atoms with Crippen molar-refractivity contribution in [3.05, 3.63) is 46.5 Å². The van der Waals surface area contributed by atoms with Crippen LogP contribution in [0.5, 0.6) is 5.75 Å². The maximum absolute atomic E-state index is 13.0. The van der Waals surface area contributed by atoms with Gasteiger partial charge in [-0.2, -0.15) is 0 Å². The molecule has 3 rings (SSSR count). The molecule has 0 aliphatic heterocycles. The van der Waals surface area contributed by atoms with E-state index in [0.29, 0.717) is 28.3 Å². The van der Waals surface area contributed by atoms with Crippen molar-refractivity contribution in [1.82, 2.24) is 14.5 Å². The number of anilines is 1. The first kappa shape index (κ1) is 18.3. The van der Waals surface area contributed by atoms with Crippen LogP contribution in [0.2, 0.25) is 0 Å². The van der Waals surface area contributed by atoms with E-state index in [-0.39, 0.29) is 17.3 Å². The average Bonchev–Trinajstić information content (AvgIpc) is 3.03. The van der Waals surface area contributed by atoms with Gasteiger partial charge < -0.3 is 15.0 Å². The van der Waals surface area contributed by atoms with E-state index >= 15 is 0 Å². The predicted molar refractivity (Wildman–Crippen MR) is 104 cm³/mol. The summed E-state index contributed by atoms with van der Waals surface area (Å²) in [7, 11) is 1.56. The lowest BCUT2D eigenvalue weighted by Gasteiger charge is -2.16. The zero-order chi connectivity index (χ0) is 19.8. The molecule has 3 aromatic rings. The Labute approximate surface area is 156 Å². The summed E-state index contributed by atoms with van der Waals surface area (Å²) in [6.07, 6.45) is 5.57. The van der Waals surface area contributed by atoms with E-state index in [9.17, 15) is 9.59 Å².